The maximum Gasteiger partial charge on any atom is 0.0516 e. The molecule has 88 valence electrons. The van der Waals surface area contributed by atoms with Gasteiger partial charge in [-0.3, -0.25) is 0 Å². The molecule has 0 aromatic heterocycles. The third-order valence-electron chi connectivity index (χ3n) is 2.96. The molecule has 0 unspecified atom stereocenters. The van der Waals surface area contributed by atoms with Crippen molar-refractivity contribution in [3.63, 3.8) is 0 Å². The molecular formula is C16H17Cl. The molecule has 0 spiro atoms. The fourth-order valence-electron chi connectivity index (χ4n) is 1.98. The smallest absolute Gasteiger partial charge is 0.0516 e. The lowest BCUT2D eigenvalue weighted by atomic mass is 10.0. The minimum Gasteiger partial charge on any atom is -0.0834 e. The van der Waals surface area contributed by atoms with Crippen molar-refractivity contribution in [3.05, 3.63) is 59.1 Å². The summed E-state index contributed by atoms with van der Waals surface area (Å²) in [5.41, 5.74) is 3.59. The first-order valence-corrected chi connectivity index (χ1v) is 6.53. The van der Waals surface area contributed by atoms with Crippen molar-refractivity contribution in [1.82, 2.24) is 0 Å². The molecule has 0 amide bonds. The Hall–Kier alpha value is -1.27. The average Bonchev–Trinajstić information content (AvgIpc) is 2.39. The monoisotopic (exact) mass is 244 g/mol. The van der Waals surface area contributed by atoms with E-state index >= 15 is 0 Å². The number of rotatable bonds is 4. The summed E-state index contributed by atoms with van der Waals surface area (Å²) in [5.74, 6) is 0. The second-order valence-electron chi connectivity index (χ2n) is 4.25. The van der Waals surface area contributed by atoms with E-state index in [2.05, 4.69) is 37.3 Å². The summed E-state index contributed by atoms with van der Waals surface area (Å²) in [6.45, 7) is 2.20. The molecule has 0 aliphatic carbocycles. The van der Waals surface area contributed by atoms with E-state index in [0.717, 1.165) is 17.0 Å². The first kappa shape index (κ1) is 12.2. The van der Waals surface area contributed by atoms with E-state index in [1.54, 1.807) is 0 Å². The third-order valence-corrected chi connectivity index (χ3v) is 3.41. The Kier molecular flexibility index (Phi) is 4.22. The summed E-state index contributed by atoms with van der Waals surface area (Å²) in [5, 5.41) is 0.909. The first-order chi connectivity index (χ1) is 8.33. The van der Waals surface area contributed by atoms with Crippen molar-refractivity contribution in [3.8, 4) is 11.1 Å². The van der Waals surface area contributed by atoms with E-state index in [1.807, 2.05) is 18.2 Å². The molecule has 0 atom stereocenters. The molecule has 0 fully saturated rings. The van der Waals surface area contributed by atoms with Crippen LogP contribution in [0, 0.1) is 0 Å². The summed E-state index contributed by atoms with van der Waals surface area (Å²) in [6, 6.07) is 16.6. The van der Waals surface area contributed by atoms with Crippen LogP contribution in [0.1, 0.15) is 25.3 Å². The Labute approximate surface area is 108 Å². The van der Waals surface area contributed by atoms with Crippen molar-refractivity contribution >= 4 is 11.6 Å². The molecule has 2 rings (SSSR count). The van der Waals surface area contributed by atoms with Crippen LogP contribution in [-0.4, -0.2) is 0 Å². The largest absolute Gasteiger partial charge is 0.0834 e. The van der Waals surface area contributed by atoms with E-state index in [9.17, 15) is 0 Å². The van der Waals surface area contributed by atoms with Crippen LogP contribution in [0.2, 0.25) is 5.02 Å². The minimum atomic E-state index is 0.909. The lowest BCUT2D eigenvalue weighted by Crippen LogP contribution is -1.89. The van der Waals surface area contributed by atoms with Gasteiger partial charge in [-0.25, -0.2) is 0 Å². The molecule has 0 nitrogen and oxygen atoms in total. The zero-order chi connectivity index (χ0) is 12.1. The lowest BCUT2D eigenvalue weighted by Gasteiger charge is -2.09. The van der Waals surface area contributed by atoms with Gasteiger partial charge in [-0.2, -0.15) is 0 Å². The van der Waals surface area contributed by atoms with Crippen LogP contribution in [-0.2, 0) is 6.42 Å². The Bertz CT molecular complexity index is 474. The molecule has 0 saturated heterocycles. The first-order valence-electron chi connectivity index (χ1n) is 6.15. The van der Waals surface area contributed by atoms with E-state index in [0.29, 0.717) is 0 Å². The highest BCUT2D eigenvalue weighted by atomic mass is 35.5. The minimum absolute atomic E-state index is 0.909. The Morgan fingerprint density at radius 1 is 0.941 bits per heavy atom. The van der Waals surface area contributed by atoms with Gasteiger partial charge in [0.2, 0.25) is 0 Å². The van der Waals surface area contributed by atoms with Gasteiger partial charge < -0.3 is 0 Å². The fourth-order valence-corrected chi connectivity index (χ4v) is 2.31. The second-order valence-corrected chi connectivity index (χ2v) is 4.63. The summed E-state index contributed by atoms with van der Waals surface area (Å²) in [6.07, 6.45) is 3.46. The molecule has 0 saturated carbocycles. The Morgan fingerprint density at radius 3 is 2.41 bits per heavy atom. The van der Waals surface area contributed by atoms with E-state index in [4.69, 9.17) is 11.6 Å². The Balaban J connectivity index is 2.36. The quantitative estimate of drug-likeness (QED) is 0.680. The van der Waals surface area contributed by atoms with Gasteiger partial charge in [-0.05, 0) is 24.0 Å². The summed E-state index contributed by atoms with van der Waals surface area (Å²) in [4.78, 5) is 0. The van der Waals surface area contributed by atoms with Crippen molar-refractivity contribution in [2.24, 2.45) is 0 Å². The standard InChI is InChI=1S/C16H17Cl/c1-2-3-8-14-11-7-12-15(16(14)17)13-9-5-4-6-10-13/h4-7,9-12H,2-3,8H2,1H3. The van der Waals surface area contributed by atoms with Crippen molar-refractivity contribution in [2.75, 3.05) is 0 Å². The number of hydrogen-bond acceptors (Lipinski definition) is 0. The predicted octanol–water partition coefficient (Wildman–Crippen LogP) is 5.35. The zero-order valence-electron chi connectivity index (χ0n) is 10.1. The predicted molar refractivity (Wildman–Crippen MR) is 75.5 cm³/mol. The van der Waals surface area contributed by atoms with Gasteiger partial charge in [0.05, 0.1) is 5.02 Å². The van der Waals surface area contributed by atoms with E-state index < -0.39 is 0 Å². The van der Waals surface area contributed by atoms with Crippen LogP contribution in [0.25, 0.3) is 11.1 Å². The number of aryl methyl sites for hydroxylation is 1. The molecular weight excluding hydrogens is 228 g/mol. The van der Waals surface area contributed by atoms with Gasteiger partial charge in [0, 0.05) is 5.56 Å². The maximum atomic E-state index is 6.48. The SMILES string of the molecule is CCCCc1cccc(-c2ccccc2)c1Cl. The summed E-state index contributed by atoms with van der Waals surface area (Å²) in [7, 11) is 0. The molecule has 0 radical (unpaired) electrons. The van der Waals surface area contributed by atoms with Gasteiger partial charge in [-0.1, -0.05) is 73.5 Å². The van der Waals surface area contributed by atoms with Crippen LogP contribution < -0.4 is 0 Å². The van der Waals surface area contributed by atoms with E-state index in [1.165, 1.54) is 24.0 Å². The van der Waals surface area contributed by atoms with Gasteiger partial charge in [-0.15, -0.1) is 0 Å². The molecule has 17 heavy (non-hydrogen) atoms. The molecule has 0 N–H and O–H groups in total. The highest BCUT2D eigenvalue weighted by Gasteiger charge is 2.06. The fraction of sp³-hybridized carbons (Fsp3) is 0.250. The van der Waals surface area contributed by atoms with Crippen molar-refractivity contribution < 1.29 is 0 Å². The molecule has 1 heteroatoms. The molecule has 0 heterocycles. The zero-order valence-corrected chi connectivity index (χ0v) is 10.9. The van der Waals surface area contributed by atoms with Crippen molar-refractivity contribution in [1.29, 1.82) is 0 Å². The Morgan fingerprint density at radius 2 is 1.71 bits per heavy atom. The van der Waals surface area contributed by atoms with Crippen molar-refractivity contribution in [2.45, 2.75) is 26.2 Å². The molecule has 0 bridgehead atoms. The van der Waals surface area contributed by atoms with Crippen LogP contribution in [0.15, 0.2) is 48.5 Å². The van der Waals surface area contributed by atoms with Gasteiger partial charge in [0.15, 0.2) is 0 Å². The number of unbranched alkanes of at least 4 members (excludes halogenated alkanes) is 1. The van der Waals surface area contributed by atoms with Crippen LogP contribution in [0.4, 0.5) is 0 Å². The maximum absolute atomic E-state index is 6.48. The summed E-state index contributed by atoms with van der Waals surface area (Å²) < 4.78 is 0. The second kappa shape index (κ2) is 5.88. The number of halogens is 1. The number of hydrogen-bond donors (Lipinski definition) is 0. The molecule has 0 aliphatic heterocycles. The average molecular weight is 245 g/mol. The highest BCUT2D eigenvalue weighted by Crippen LogP contribution is 2.31. The number of benzene rings is 2. The summed E-state index contributed by atoms with van der Waals surface area (Å²) >= 11 is 6.48. The highest BCUT2D eigenvalue weighted by molar-refractivity contribution is 6.34. The molecule has 2 aromatic carbocycles. The van der Waals surface area contributed by atoms with Gasteiger partial charge >= 0.3 is 0 Å². The third kappa shape index (κ3) is 2.89. The van der Waals surface area contributed by atoms with Crippen LogP contribution in [0.3, 0.4) is 0 Å². The van der Waals surface area contributed by atoms with Crippen LogP contribution >= 0.6 is 11.6 Å². The topological polar surface area (TPSA) is 0 Å². The molecule has 2 aromatic rings. The molecule has 0 aliphatic rings. The normalized spacial score (nSPS) is 10.5. The van der Waals surface area contributed by atoms with Crippen LogP contribution in [0.5, 0.6) is 0 Å². The lowest BCUT2D eigenvalue weighted by molar-refractivity contribution is 0.795. The van der Waals surface area contributed by atoms with Gasteiger partial charge in [0.1, 0.15) is 0 Å². The van der Waals surface area contributed by atoms with E-state index in [-0.39, 0.29) is 0 Å². The van der Waals surface area contributed by atoms with Gasteiger partial charge in [0.25, 0.3) is 0 Å².